The van der Waals surface area contributed by atoms with Crippen LogP contribution >= 0.6 is 0 Å². The fraction of sp³-hybridized carbons (Fsp3) is 0.263. The number of rotatable bonds is 2. The minimum absolute atomic E-state index is 0.172. The first kappa shape index (κ1) is 18.0. The second-order valence-corrected chi connectivity index (χ2v) is 6.10. The molecule has 1 fully saturated rings. The standard InChI is InChI=1S/C19H17F3N2O2/c1-13-6-2-5-9-16(13)24-11-10-23(12-17(24)25)18(26)14-7-3-4-8-15(14)19(20,21)22/h2-9H,10-12H2,1H3. The van der Waals surface area contributed by atoms with E-state index in [1.54, 1.807) is 4.90 Å². The first-order valence-electron chi connectivity index (χ1n) is 8.10. The maximum Gasteiger partial charge on any atom is 0.417 e. The smallest absolute Gasteiger partial charge is 0.328 e. The van der Waals surface area contributed by atoms with Crippen molar-refractivity contribution in [1.82, 2.24) is 4.90 Å². The van der Waals surface area contributed by atoms with E-state index in [9.17, 15) is 22.8 Å². The van der Waals surface area contributed by atoms with Crippen molar-refractivity contribution in [2.45, 2.75) is 13.1 Å². The van der Waals surface area contributed by atoms with Crippen LogP contribution in [0.25, 0.3) is 0 Å². The van der Waals surface area contributed by atoms with Crippen molar-refractivity contribution in [1.29, 1.82) is 0 Å². The van der Waals surface area contributed by atoms with Crippen molar-refractivity contribution in [3.05, 3.63) is 65.2 Å². The normalized spacial score (nSPS) is 15.3. The summed E-state index contributed by atoms with van der Waals surface area (Å²) >= 11 is 0. The van der Waals surface area contributed by atoms with Gasteiger partial charge in [-0.15, -0.1) is 0 Å². The molecule has 1 heterocycles. The lowest BCUT2D eigenvalue weighted by Gasteiger charge is -2.35. The van der Waals surface area contributed by atoms with Gasteiger partial charge in [0.15, 0.2) is 0 Å². The van der Waals surface area contributed by atoms with Crippen molar-refractivity contribution >= 4 is 17.5 Å². The van der Waals surface area contributed by atoms with E-state index in [-0.39, 0.29) is 25.5 Å². The first-order chi connectivity index (χ1) is 12.3. The van der Waals surface area contributed by atoms with E-state index in [1.807, 2.05) is 31.2 Å². The van der Waals surface area contributed by atoms with E-state index in [4.69, 9.17) is 0 Å². The van der Waals surface area contributed by atoms with E-state index in [0.29, 0.717) is 0 Å². The summed E-state index contributed by atoms with van der Waals surface area (Å²) in [6.07, 6.45) is -4.63. The van der Waals surface area contributed by atoms with Gasteiger partial charge in [-0.2, -0.15) is 13.2 Å². The predicted molar refractivity (Wildman–Crippen MR) is 90.9 cm³/mol. The third kappa shape index (κ3) is 3.42. The monoisotopic (exact) mass is 362 g/mol. The van der Waals surface area contributed by atoms with Crippen LogP contribution in [0.3, 0.4) is 0 Å². The molecule has 0 spiro atoms. The number of hydrogen-bond donors (Lipinski definition) is 0. The van der Waals surface area contributed by atoms with E-state index in [0.717, 1.165) is 23.4 Å². The molecule has 2 amide bonds. The highest BCUT2D eigenvalue weighted by Gasteiger charge is 2.37. The molecule has 26 heavy (non-hydrogen) atoms. The highest BCUT2D eigenvalue weighted by Crippen LogP contribution is 2.32. The predicted octanol–water partition coefficient (Wildman–Crippen LogP) is 3.50. The molecule has 2 aromatic carbocycles. The number of halogens is 3. The quantitative estimate of drug-likeness (QED) is 0.820. The van der Waals surface area contributed by atoms with Crippen LogP contribution < -0.4 is 4.90 Å². The molecular weight excluding hydrogens is 345 g/mol. The topological polar surface area (TPSA) is 40.6 Å². The molecule has 3 rings (SSSR count). The van der Waals surface area contributed by atoms with Crippen molar-refractivity contribution in [3.8, 4) is 0 Å². The third-order valence-electron chi connectivity index (χ3n) is 4.38. The summed E-state index contributed by atoms with van der Waals surface area (Å²) in [7, 11) is 0. The fourth-order valence-corrected chi connectivity index (χ4v) is 3.05. The second kappa shape index (κ2) is 6.82. The van der Waals surface area contributed by atoms with Crippen LogP contribution in [0, 0.1) is 6.92 Å². The highest BCUT2D eigenvalue weighted by atomic mass is 19.4. The average Bonchev–Trinajstić information content (AvgIpc) is 2.61. The number of anilines is 1. The molecule has 2 aromatic rings. The Balaban J connectivity index is 1.81. The Hall–Kier alpha value is -2.83. The van der Waals surface area contributed by atoms with E-state index in [1.165, 1.54) is 17.0 Å². The van der Waals surface area contributed by atoms with Crippen molar-refractivity contribution in [3.63, 3.8) is 0 Å². The number of nitrogens with zero attached hydrogens (tertiary/aromatic N) is 2. The number of piperazine rings is 1. The van der Waals surface area contributed by atoms with Crippen LogP contribution in [0.1, 0.15) is 21.5 Å². The third-order valence-corrected chi connectivity index (χ3v) is 4.38. The molecule has 7 heteroatoms. The van der Waals surface area contributed by atoms with Gasteiger partial charge in [-0.05, 0) is 30.7 Å². The molecule has 0 bridgehead atoms. The molecule has 1 saturated heterocycles. The van der Waals surface area contributed by atoms with Crippen molar-refractivity contribution in [2.75, 3.05) is 24.5 Å². The number of benzene rings is 2. The molecule has 136 valence electrons. The molecule has 0 unspecified atom stereocenters. The van der Waals surface area contributed by atoms with Gasteiger partial charge in [0.1, 0.15) is 6.54 Å². The van der Waals surface area contributed by atoms with Gasteiger partial charge in [-0.1, -0.05) is 30.3 Å². The van der Waals surface area contributed by atoms with Crippen LogP contribution in [0.2, 0.25) is 0 Å². The summed E-state index contributed by atoms with van der Waals surface area (Å²) in [6, 6.07) is 12.0. The number of amides is 2. The van der Waals surface area contributed by atoms with Crippen molar-refractivity contribution in [2.24, 2.45) is 0 Å². The molecule has 0 saturated carbocycles. The number of para-hydroxylation sites is 1. The summed E-state index contributed by atoms with van der Waals surface area (Å²) in [5.74, 6) is -1.10. The van der Waals surface area contributed by atoms with Crippen LogP contribution in [0.5, 0.6) is 0 Å². The summed E-state index contributed by atoms with van der Waals surface area (Å²) in [4.78, 5) is 27.8. The maximum absolute atomic E-state index is 13.1. The minimum atomic E-state index is -4.63. The largest absolute Gasteiger partial charge is 0.417 e. The van der Waals surface area contributed by atoms with Gasteiger partial charge in [0.05, 0.1) is 11.1 Å². The number of carbonyl (C=O) groups excluding carboxylic acids is 2. The number of carbonyl (C=O) groups is 2. The summed E-state index contributed by atoms with van der Waals surface area (Å²) in [5.41, 5.74) is 0.249. The summed E-state index contributed by atoms with van der Waals surface area (Å²) < 4.78 is 39.4. The Kier molecular flexibility index (Phi) is 4.71. The number of aryl methyl sites for hydroxylation is 1. The Morgan fingerprint density at radius 1 is 1.00 bits per heavy atom. The molecule has 4 nitrogen and oxygen atoms in total. The van der Waals surface area contributed by atoms with E-state index in [2.05, 4.69) is 0 Å². The SMILES string of the molecule is Cc1ccccc1N1CCN(C(=O)c2ccccc2C(F)(F)F)CC1=O. The Labute approximate surface area is 148 Å². The number of hydrogen-bond acceptors (Lipinski definition) is 2. The Bertz CT molecular complexity index is 849. The zero-order valence-electron chi connectivity index (χ0n) is 14.1. The van der Waals surface area contributed by atoms with E-state index < -0.39 is 23.2 Å². The van der Waals surface area contributed by atoms with Crippen molar-refractivity contribution < 1.29 is 22.8 Å². The lowest BCUT2D eigenvalue weighted by atomic mass is 10.1. The van der Waals surface area contributed by atoms with Gasteiger partial charge in [-0.25, -0.2) is 0 Å². The van der Waals surface area contributed by atoms with E-state index >= 15 is 0 Å². The average molecular weight is 362 g/mol. The van der Waals surface area contributed by atoms with Crippen LogP contribution in [0.15, 0.2) is 48.5 Å². The molecule has 0 atom stereocenters. The molecule has 0 aromatic heterocycles. The lowest BCUT2D eigenvalue weighted by molar-refractivity contribution is -0.138. The molecule has 0 N–H and O–H groups in total. The molecule has 1 aliphatic heterocycles. The Morgan fingerprint density at radius 3 is 2.31 bits per heavy atom. The van der Waals surface area contributed by atoms with Gasteiger partial charge >= 0.3 is 6.18 Å². The highest BCUT2D eigenvalue weighted by molar-refractivity contribution is 6.02. The fourth-order valence-electron chi connectivity index (χ4n) is 3.05. The van der Waals surface area contributed by atoms with Crippen LogP contribution in [-0.2, 0) is 11.0 Å². The molecule has 0 aliphatic carbocycles. The minimum Gasteiger partial charge on any atom is -0.328 e. The van der Waals surface area contributed by atoms with Gasteiger partial charge in [0.2, 0.25) is 5.91 Å². The lowest BCUT2D eigenvalue weighted by Crippen LogP contribution is -2.52. The Morgan fingerprint density at radius 2 is 1.65 bits per heavy atom. The van der Waals surface area contributed by atoms with Gasteiger partial charge in [0.25, 0.3) is 5.91 Å². The summed E-state index contributed by atoms with van der Waals surface area (Å²) in [5, 5.41) is 0. The van der Waals surface area contributed by atoms with Crippen LogP contribution in [-0.4, -0.2) is 36.3 Å². The molecule has 0 radical (unpaired) electrons. The van der Waals surface area contributed by atoms with Gasteiger partial charge in [-0.3, -0.25) is 9.59 Å². The van der Waals surface area contributed by atoms with Crippen LogP contribution in [0.4, 0.5) is 18.9 Å². The first-order valence-corrected chi connectivity index (χ1v) is 8.10. The molecule has 1 aliphatic rings. The zero-order chi connectivity index (χ0) is 18.9. The molecular formula is C19H17F3N2O2. The summed E-state index contributed by atoms with van der Waals surface area (Å²) in [6.45, 7) is 2.04. The maximum atomic E-state index is 13.1. The second-order valence-electron chi connectivity index (χ2n) is 6.10. The zero-order valence-corrected chi connectivity index (χ0v) is 14.1. The van der Waals surface area contributed by atoms with Gasteiger partial charge in [0, 0.05) is 18.8 Å². The number of alkyl halides is 3. The van der Waals surface area contributed by atoms with Gasteiger partial charge < -0.3 is 9.80 Å².